The lowest BCUT2D eigenvalue weighted by Crippen LogP contribution is -2.04. The van der Waals surface area contributed by atoms with Crippen LogP contribution in [0.1, 0.15) is 21.8 Å². The first-order valence-electron chi connectivity index (χ1n) is 9.62. The Hall–Kier alpha value is -4.06. The van der Waals surface area contributed by atoms with Gasteiger partial charge in [0.1, 0.15) is 11.3 Å². The number of carbonyl (C=O) groups is 1. The first-order chi connectivity index (χ1) is 15.1. The standard InChI is InChI=1S/C25H21NO5/c1-28-20-10-6-4-8-16(20)14-18(25-26-19-9-5-7-11-21(19)31-25)24(27)17-12-13-22(29-2)23(15-17)30-3/h4-15H,1-3H3. The van der Waals surface area contributed by atoms with Crippen molar-refractivity contribution in [1.29, 1.82) is 0 Å². The number of allylic oxidation sites excluding steroid dienone is 1. The van der Waals surface area contributed by atoms with E-state index in [-0.39, 0.29) is 11.7 Å². The molecular formula is C25H21NO5. The molecule has 31 heavy (non-hydrogen) atoms. The van der Waals surface area contributed by atoms with Gasteiger partial charge in [0.25, 0.3) is 0 Å². The first-order valence-corrected chi connectivity index (χ1v) is 9.62. The zero-order valence-electron chi connectivity index (χ0n) is 17.4. The zero-order chi connectivity index (χ0) is 21.8. The molecule has 0 aliphatic carbocycles. The van der Waals surface area contributed by atoms with Crippen LogP contribution >= 0.6 is 0 Å². The molecule has 6 heteroatoms. The van der Waals surface area contributed by atoms with Crippen LogP contribution in [-0.4, -0.2) is 32.1 Å². The van der Waals surface area contributed by atoms with E-state index in [9.17, 15) is 4.79 Å². The number of Topliss-reactive ketones (excluding diaryl/α,β-unsaturated/α-hetero) is 1. The molecule has 0 saturated carbocycles. The highest BCUT2D eigenvalue weighted by Crippen LogP contribution is 2.32. The van der Waals surface area contributed by atoms with E-state index in [1.807, 2.05) is 48.5 Å². The van der Waals surface area contributed by atoms with Crippen molar-refractivity contribution in [3.8, 4) is 17.2 Å². The largest absolute Gasteiger partial charge is 0.496 e. The van der Waals surface area contributed by atoms with Crippen LogP contribution in [0.15, 0.2) is 71.1 Å². The van der Waals surface area contributed by atoms with E-state index in [0.717, 1.165) is 5.56 Å². The number of ether oxygens (including phenoxy) is 3. The maximum Gasteiger partial charge on any atom is 0.231 e. The average molecular weight is 415 g/mol. The third kappa shape index (κ3) is 4.00. The molecule has 4 aromatic rings. The number of ketones is 1. The molecule has 0 aliphatic heterocycles. The first kappa shape index (κ1) is 20.2. The van der Waals surface area contributed by atoms with Gasteiger partial charge >= 0.3 is 0 Å². The van der Waals surface area contributed by atoms with E-state index < -0.39 is 0 Å². The van der Waals surface area contributed by atoms with Gasteiger partial charge in [0.05, 0.1) is 26.9 Å². The Labute approximate surface area is 179 Å². The van der Waals surface area contributed by atoms with Gasteiger partial charge in [0.15, 0.2) is 22.9 Å². The van der Waals surface area contributed by atoms with Gasteiger partial charge in [-0.05, 0) is 42.5 Å². The van der Waals surface area contributed by atoms with Gasteiger partial charge in [-0.1, -0.05) is 30.3 Å². The van der Waals surface area contributed by atoms with Crippen molar-refractivity contribution >= 4 is 28.5 Å². The average Bonchev–Trinajstić information content (AvgIpc) is 3.25. The summed E-state index contributed by atoms with van der Waals surface area (Å²) in [5, 5.41) is 0. The summed E-state index contributed by atoms with van der Waals surface area (Å²) < 4.78 is 22.0. The molecule has 0 aliphatic rings. The lowest BCUT2D eigenvalue weighted by atomic mass is 10.00. The number of methoxy groups -OCH3 is 3. The van der Waals surface area contributed by atoms with E-state index >= 15 is 0 Å². The van der Waals surface area contributed by atoms with Gasteiger partial charge in [0, 0.05) is 11.1 Å². The summed E-state index contributed by atoms with van der Waals surface area (Å²) in [4.78, 5) is 18.1. The van der Waals surface area contributed by atoms with Gasteiger partial charge in [0.2, 0.25) is 5.89 Å². The van der Waals surface area contributed by atoms with Crippen molar-refractivity contribution in [3.63, 3.8) is 0 Å². The van der Waals surface area contributed by atoms with Crippen LogP contribution in [0.4, 0.5) is 0 Å². The van der Waals surface area contributed by atoms with Gasteiger partial charge in [-0.3, -0.25) is 4.79 Å². The van der Waals surface area contributed by atoms with E-state index in [0.29, 0.717) is 39.5 Å². The predicted octanol–water partition coefficient (Wildman–Crippen LogP) is 5.28. The molecule has 0 spiro atoms. The molecule has 1 heterocycles. The maximum atomic E-state index is 13.6. The Balaban J connectivity index is 1.88. The smallest absolute Gasteiger partial charge is 0.231 e. The summed E-state index contributed by atoms with van der Waals surface area (Å²) in [5.41, 5.74) is 2.72. The molecule has 0 radical (unpaired) electrons. The number of para-hydroxylation sites is 3. The summed E-state index contributed by atoms with van der Waals surface area (Å²) in [5.74, 6) is 1.60. The van der Waals surface area contributed by atoms with E-state index in [2.05, 4.69) is 4.98 Å². The van der Waals surface area contributed by atoms with E-state index in [1.54, 1.807) is 38.5 Å². The van der Waals surface area contributed by atoms with Crippen molar-refractivity contribution in [1.82, 2.24) is 4.98 Å². The lowest BCUT2D eigenvalue weighted by Gasteiger charge is -2.10. The number of aromatic nitrogens is 1. The molecule has 0 atom stereocenters. The summed E-state index contributed by atoms with van der Waals surface area (Å²) in [6.07, 6.45) is 1.72. The topological polar surface area (TPSA) is 70.8 Å². The molecule has 0 bridgehead atoms. The van der Waals surface area contributed by atoms with Crippen LogP contribution < -0.4 is 14.2 Å². The lowest BCUT2D eigenvalue weighted by molar-refractivity contribution is 0.105. The van der Waals surface area contributed by atoms with Crippen LogP contribution in [0.3, 0.4) is 0 Å². The quantitative estimate of drug-likeness (QED) is 0.302. The zero-order valence-corrected chi connectivity index (χ0v) is 17.4. The third-order valence-electron chi connectivity index (χ3n) is 4.85. The third-order valence-corrected chi connectivity index (χ3v) is 4.85. The fourth-order valence-electron chi connectivity index (χ4n) is 3.29. The number of hydrogen-bond donors (Lipinski definition) is 0. The second kappa shape index (κ2) is 8.75. The van der Waals surface area contributed by atoms with Crippen molar-refractivity contribution in [2.24, 2.45) is 0 Å². The summed E-state index contributed by atoms with van der Waals surface area (Å²) >= 11 is 0. The number of oxazole rings is 1. The van der Waals surface area contributed by atoms with Gasteiger partial charge in [-0.15, -0.1) is 0 Å². The summed E-state index contributed by atoms with van der Waals surface area (Å²) in [6, 6.07) is 19.8. The molecule has 0 unspecified atom stereocenters. The fraction of sp³-hybridized carbons (Fsp3) is 0.120. The molecule has 1 aromatic heterocycles. The summed E-state index contributed by atoms with van der Waals surface area (Å²) in [7, 11) is 4.66. The monoisotopic (exact) mass is 415 g/mol. The Morgan fingerprint density at radius 2 is 1.55 bits per heavy atom. The highest BCUT2D eigenvalue weighted by Gasteiger charge is 2.22. The molecule has 0 saturated heterocycles. The Morgan fingerprint density at radius 3 is 2.29 bits per heavy atom. The van der Waals surface area contributed by atoms with E-state index in [4.69, 9.17) is 18.6 Å². The minimum atomic E-state index is -0.265. The molecule has 0 fully saturated rings. The number of hydrogen-bond acceptors (Lipinski definition) is 6. The number of carbonyl (C=O) groups excluding carboxylic acids is 1. The van der Waals surface area contributed by atoms with E-state index in [1.165, 1.54) is 7.11 Å². The maximum absolute atomic E-state index is 13.6. The van der Waals surface area contributed by atoms with Crippen molar-refractivity contribution in [3.05, 3.63) is 83.7 Å². The summed E-state index contributed by atoms with van der Waals surface area (Å²) in [6.45, 7) is 0. The number of fused-ring (bicyclic) bond motifs is 1. The van der Waals surface area contributed by atoms with Gasteiger partial charge in [-0.2, -0.15) is 0 Å². The minimum absolute atomic E-state index is 0.229. The normalized spacial score (nSPS) is 11.4. The predicted molar refractivity (Wildman–Crippen MR) is 119 cm³/mol. The van der Waals surface area contributed by atoms with Crippen LogP contribution in [-0.2, 0) is 0 Å². The Bertz CT molecular complexity index is 1240. The van der Waals surface area contributed by atoms with Crippen LogP contribution in [0.5, 0.6) is 17.2 Å². The van der Waals surface area contributed by atoms with Gasteiger partial charge < -0.3 is 18.6 Å². The van der Waals surface area contributed by atoms with Gasteiger partial charge in [-0.25, -0.2) is 4.98 Å². The fourth-order valence-corrected chi connectivity index (χ4v) is 3.29. The molecule has 3 aromatic carbocycles. The molecule has 0 N–H and O–H groups in total. The Morgan fingerprint density at radius 1 is 0.839 bits per heavy atom. The minimum Gasteiger partial charge on any atom is -0.496 e. The Kier molecular flexibility index (Phi) is 5.71. The molecule has 156 valence electrons. The number of rotatable bonds is 7. The molecule has 6 nitrogen and oxygen atoms in total. The van der Waals surface area contributed by atoms with Crippen LogP contribution in [0.25, 0.3) is 22.7 Å². The SMILES string of the molecule is COc1ccccc1C=C(C(=O)c1ccc(OC)c(OC)c1)c1nc2ccccc2o1. The molecule has 0 amide bonds. The van der Waals surface area contributed by atoms with Crippen molar-refractivity contribution in [2.75, 3.05) is 21.3 Å². The van der Waals surface area contributed by atoms with Crippen LogP contribution in [0, 0.1) is 0 Å². The van der Waals surface area contributed by atoms with Crippen molar-refractivity contribution < 1.29 is 23.4 Å². The second-order valence-corrected chi connectivity index (χ2v) is 6.69. The highest BCUT2D eigenvalue weighted by molar-refractivity contribution is 6.31. The van der Waals surface area contributed by atoms with Crippen molar-refractivity contribution in [2.45, 2.75) is 0 Å². The highest BCUT2D eigenvalue weighted by atomic mass is 16.5. The second-order valence-electron chi connectivity index (χ2n) is 6.69. The molecule has 4 rings (SSSR count). The van der Waals surface area contributed by atoms with Crippen LogP contribution in [0.2, 0.25) is 0 Å². The molecular weight excluding hydrogens is 394 g/mol. The number of nitrogens with zero attached hydrogens (tertiary/aromatic N) is 1. The number of benzene rings is 3.